The van der Waals surface area contributed by atoms with Gasteiger partial charge < -0.3 is 14.6 Å². The van der Waals surface area contributed by atoms with E-state index in [9.17, 15) is 14.7 Å². The Kier molecular flexibility index (Phi) is 7.28. The number of aryl methyl sites for hydroxylation is 1. The quantitative estimate of drug-likeness (QED) is 0.345. The smallest absolute Gasteiger partial charge is 0.338 e. The van der Waals surface area contributed by atoms with E-state index in [1.54, 1.807) is 18.2 Å². The molecular formula is C31H30O5. The van der Waals surface area contributed by atoms with Crippen molar-refractivity contribution < 1.29 is 24.2 Å². The van der Waals surface area contributed by atoms with Gasteiger partial charge in [0, 0.05) is 18.3 Å². The van der Waals surface area contributed by atoms with Crippen LogP contribution in [0.4, 0.5) is 0 Å². The van der Waals surface area contributed by atoms with Gasteiger partial charge in [-0.3, -0.25) is 4.79 Å². The van der Waals surface area contributed by atoms with Crippen LogP contribution in [0.25, 0.3) is 11.1 Å². The van der Waals surface area contributed by atoms with Gasteiger partial charge in [-0.1, -0.05) is 84.9 Å². The number of carbonyl (C=O) groups is 2. The number of fused-ring (bicyclic) bond motifs is 1. The van der Waals surface area contributed by atoms with Gasteiger partial charge in [0.05, 0.1) is 18.1 Å². The normalized spacial score (nSPS) is 23.9. The van der Waals surface area contributed by atoms with E-state index in [0.717, 1.165) is 17.5 Å². The summed E-state index contributed by atoms with van der Waals surface area (Å²) in [4.78, 5) is 24.9. The molecule has 2 aliphatic rings. The molecule has 1 aliphatic carbocycles. The molecule has 0 amide bonds. The second-order valence-corrected chi connectivity index (χ2v) is 9.57. The Balaban J connectivity index is 1.24. The Morgan fingerprint density at radius 1 is 0.972 bits per heavy atom. The lowest BCUT2D eigenvalue weighted by atomic mass is 9.91. The topological polar surface area (TPSA) is 72.8 Å². The number of hydrogen-bond acceptors (Lipinski definition) is 5. The van der Waals surface area contributed by atoms with Gasteiger partial charge in [-0.05, 0) is 41.7 Å². The van der Waals surface area contributed by atoms with Crippen molar-refractivity contribution in [2.24, 2.45) is 11.8 Å². The maximum Gasteiger partial charge on any atom is 0.338 e. The van der Waals surface area contributed by atoms with Crippen LogP contribution in [0.5, 0.6) is 0 Å². The zero-order chi connectivity index (χ0) is 24.9. The summed E-state index contributed by atoms with van der Waals surface area (Å²) in [5.41, 5.74) is 3.76. The average Bonchev–Trinajstić information content (AvgIpc) is 3.42. The molecule has 0 aromatic heterocycles. The second kappa shape index (κ2) is 10.9. The number of esters is 2. The molecule has 1 heterocycles. The SMILES string of the molecule is O=C1CC2C(CC(OC(=O)c3ccc(-c4ccccc4)cc3)C2/C=C/[C@@H](O)CCc2ccccc2)O1. The van der Waals surface area contributed by atoms with Crippen LogP contribution in [0.2, 0.25) is 0 Å². The molecule has 1 saturated heterocycles. The van der Waals surface area contributed by atoms with Crippen LogP contribution in [-0.2, 0) is 20.7 Å². The van der Waals surface area contributed by atoms with Crippen molar-refractivity contribution in [1.82, 2.24) is 0 Å². The van der Waals surface area contributed by atoms with E-state index >= 15 is 0 Å². The molecule has 5 nitrogen and oxygen atoms in total. The Labute approximate surface area is 211 Å². The summed E-state index contributed by atoms with van der Waals surface area (Å²) in [6, 6.07) is 27.4. The maximum atomic E-state index is 13.0. The van der Waals surface area contributed by atoms with Crippen molar-refractivity contribution in [2.75, 3.05) is 0 Å². The third kappa shape index (κ3) is 5.58. The summed E-state index contributed by atoms with van der Waals surface area (Å²) >= 11 is 0. The van der Waals surface area contributed by atoms with Crippen LogP contribution in [0.1, 0.15) is 35.2 Å². The molecule has 3 aromatic rings. The number of ether oxygens (including phenoxy) is 2. The van der Waals surface area contributed by atoms with Gasteiger partial charge in [0.25, 0.3) is 0 Å². The van der Waals surface area contributed by atoms with E-state index in [2.05, 4.69) is 0 Å². The zero-order valence-electron chi connectivity index (χ0n) is 20.0. The van der Waals surface area contributed by atoms with Gasteiger partial charge in [-0.25, -0.2) is 4.79 Å². The Morgan fingerprint density at radius 3 is 2.36 bits per heavy atom. The van der Waals surface area contributed by atoms with Crippen LogP contribution < -0.4 is 0 Å². The highest BCUT2D eigenvalue weighted by Crippen LogP contribution is 2.43. The first-order valence-corrected chi connectivity index (χ1v) is 12.5. The van der Waals surface area contributed by atoms with Crippen molar-refractivity contribution in [3.05, 3.63) is 108 Å². The third-order valence-electron chi connectivity index (χ3n) is 7.16. The van der Waals surface area contributed by atoms with Crippen LogP contribution in [0.15, 0.2) is 97.1 Å². The summed E-state index contributed by atoms with van der Waals surface area (Å²) in [5, 5.41) is 10.5. The molecule has 5 heteroatoms. The number of aliphatic hydroxyl groups is 1. The van der Waals surface area contributed by atoms with E-state index < -0.39 is 18.2 Å². The Bertz CT molecular complexity index is 1200. The van der Waals surface area contributed by atoms with Crippen molar-refractivity contribution in [1.29, 1.82) is 0 Å². The highest BCUT2D eigenvalue weighted by Gasteiger charge is 2.50. The highest BCUT2D eigenvalue weighted by molar-refractivity contribution is 5.90. The van der Waals surface area contributed by atoms with Crippen LogP contribution in [-0.4, -0.2) is 35.4 Å². The second-order valence-electron chi connectivity index (χ2n) is 9.57. The van der Waals surface area contributed by atoms with Crippen molar-refractivity contribution >= 4 is 11.9 Å². The van der Waals surface area contributed by atoms with Gasteiger partial charge in [-0.15, -0.1) is 0 Å². The molecule has 36 heavy (non-hydrogen) atoms. The summed E-state index contributed by atoms with van der Waals surface area (Å²) in [7, 11) is 0. The number of benzene rings is 3. The van der Waals surface area contributed by atoms with E-state index in [0.29, 0.717) is 24.8 Å². The molecule has 5 rings (SSSR count). The van der Waals surface area contributed by atoms with E-state index in [4.69, 9.17) is 9.47 Å². The number of hydrogen-bond donors (Lipinski definition) is 1. The number of carbonyl (C=O) groups excluding carboxylic acids is 2. The lowest BCUT2D eigenvalue weighted by Crippen LogP contribution is -2.25. The molecule has 1 N–H and O–H groups in total. The fourth-order valence-corrected chi connectivity index (χ4v) is 5.24. The van der Waals surface area contributed by atoms with Crippen molar-refractivity contribution in [3.8, 4) is 11.1 Å². The van der Waals surface area contributed by atoms with Crippen LogP contribution in [0, 0.1) is 11.8 Å². The first kappa shape index (κ1) is 24.0. The molecule has 5 atom stereocenters. The first-order valence-electron chi connectivity index (χ1n) is 12.5. The summed E-state index contributed by atoms with van der Waals surface area (Å²) in [5.74, 6) is -0.836. The summed E-state index contributed by atoms with van der Waals surface area (Å²) in [6.07, 6.45) is 4.53. The highest BCUT2D eigenvalue weighted by atomic mass is 16.6. The molecule has 0 spiro atoms. The fraction of sp³-hybridized carbons (Fsp3) is 0.290. The van der Waals surface area contributed by atoms with Gasteiger partial charge in [0.15, 0.2) is 0 Å². The van der Waals surface area contributed by atoms with E-state index in [1.165, 1.54) is 5.56 Å². The van der Waals surface area contributed by atoms with Crippen LogP contribution in [0.3, 0.4) is 0 Å². The summed E-state index contributed by atoms with van der Waals surface area (Å²) in [6.45, 7) is 0. The molecule has 1 aliphatic heterocycles. The maximum absolute atomic E-state index is 13.0. The van der Waals surface area contributed by atoms with E-state index in [-0.39, 0.29) is 23.9 Å². The number of aliphatic hydroxyl groups excluding tert-OH is 1. The lowest BCUT2D eigenvalue weighted by Gasteiger charge is -2.20. The largest absolute Gasteiger partial charge is 0.462 e. The molecular weight excluding hydrogens is 452 g/mol. The third-order valence-corrected chi connectivity index (χ3v) is 7.16. The number of rotatable bonds is 8. The van der Waals surface area contributed by atoms with Gasteiger partial charge in [0.1, 0.15) is 12.2 Å². The lowest BCUT2D eigenvalue weighted by molar-refractivity contribution is -0.141. The monoisotopic (exact) mass is 482 g/mol. The Hall–Kier alpha value is -3.70. The minimum absolute atomic E-state index is 0.0478. The Morgan fingerprint density at radius 2 is 1.64 bits per heavy atom. The summed E-state index contributed by atoms with van der Waals surface area (Å²) < 4.78 is 11.4. The zero-order valence-corrected chi connectivity index (χ0v) is 20.0. The molecule has 4 unspecified atom stereocenters. The van der Waals surface area contributed by atoms with E-state index in [1.807, 2.05) is 78.9 Å². The molecule has 1 saturated carbocycles. The van der Waals surface area contributed by atoms with Gasteiger partial charge in [0.2, 0.25) is 0 Å². The fourth-order valence-electron chi connectivity index (χ4n) is 5.24. The molecule has 3 aromatic carbocycles. The minimum atomic E-state index is -0.621. The molecule has 0 bridgehead atoms. The first-order chi connectivity index (χ1) is 17.6. The predicted molar refractivity (Wildman–Crippen MR) is 137 cm³/mol. The van der Waals surface area contributed by atoms with Crippen molar-refractivity contribution in [2.45, 2.75) is 44.0 Å². The van der Waals surface area contributed by atoms with Crippen LogP contribution >= 0.6 is 0 Å². The molecule has 0 radical (unpaired) electrons. The molecule has 2 fully saturated rings. The van der Waals surface area contributed by atoms with Gasteiger partial charge in [-0.2, -0.15) is 0 Å². The van der Waals surface area contributed by atoms with Crippen molar-refractivity contribution in [3.63, 3.8) is 0 Å². The minimum Gasteiger partial charge on any atom is -0.462 e. The standard InChI is InChI=1S/C31H30O5/c32-25(16-11-21-7-3-1-4-8-21)17-18-26-27-19-30(33)35-29(27)20-28(26)36-31(34)24-14-12-23(13-15-24)22-9-5-2-6-10-22/h1-10,12-15,17-18,25-29,32H,11,16,19-20H2/b18-17+/t25-,26?,27?,28?,29?/m0/s1. The average molecular weight is 483 g/mol. The molecule has 184 valence electrons. The predicted octanol–water partition coefficient (Wildman–Crippen LogP) is 5.38. The van der Waals surface area contributed by atoms with Gasteiger partial charge >= 0.3 is 11.9 Å².